The molecule has 3 N–H and O–H groups in total. The van der Waals surface area contributed by atoms with E-state index in [-0.39, 0.29) is 11.9 Å². The molecule has 1 aliphatic rings. The van der Waals surface area contributed by atoms with Crippen molar-refractivity contribution in [3.8, 4) is 5.75 Å². The summed E-state index contributed by atoms with van der Waals surface area (Å²) in [5, 5.41) is 3.83. The van der Waals surface area contributed by atoms with Gasteiger partial charge in [-0.05, 0) is 50.1 Å². The van der Waals surface area contributed by atoms with Crippen molar-refractivity contribution < 1.29 is 9.53 Å². The molecule has 20 heavy (non-hydrogen) atoms. The summed E-state index contributed by atoms with van der Waals surface area (Å²) in [4.78, 5) is 12.3. The van der Waals surface area contributed by atoms with Gasteiger partial charge in [0.1, 0.15) is 5.75 Å². The average molecular weight is 294 g/mol. The van der Waals surface area contributed by atoms with Gasteiger partial charge in [-0.2, -0.15) is 11.8 Å². The predicted molar refractivity (Wildman–Crippen MR) is 84.4 cm³/mol. The Kier molecular flexibility index (Phi) is 5.17. The maximum absolute atomic E-state index is 12.3. The van der Waals surface area contributed by atoms with Gasteiger partial charge in [0.2, 0.25) is 0 Å². The fourth-order valence-corrected chi connectivity index (χ4v) is 3.31. The van der Waals surface area contributed by atoms with Crippen molar-refractivity contribution in [3.63, 3.8) is 0 Å². The Bertz CT molecular complexity index is 471. The number of nitrogens with one attached hydrogen (secondary N) is 1. The van der Waals surface area contributed by atoms with Gasteiger partial charge < -0.3 is 15.8 Å². The second kappa shape index (κ2) is 6.88. The van der Waals surface area contributed by atoms with Crippen LogP contribution in [0.1, 0.15) is 36.0 Å². The average Bonchev–Trinajstić information content (AvgIpc) is 2.48. The lowest BCUT2D eigenvalue weighted by Crippen LogP contribution is -2.38. The number of anilines is 1. The minimum atomic E-state index is -0.103. The Morgan fingerprint density at radius 3 is 2.65 bits per heavy atom. The van der Waals surface area contributed by atoms with Gasteiger partial charge in [0.25, 0.3) is 5.91 Å². The van der Waals surface area contributed by atoms with Crippen molar-refractivity contribution in [1.82, 2.24) is 5.32 Å². The lowest BCUT2D eigenvalue weighted by Gasteiger charge is -2.28. The molecule has 0 unspecified atom stereocenters. The first-order chi connectivity index (χ1) is 9.63. The summed E-state index contributed by atoms with van der Waals surface area (Å²) in [7, 11) is 1.58. The third kappa shape index (κ3) is 3.60. The third-order valence-electron chi connectivity index (χ3n) is 3.85. The van der Waals surface area contributed by atoms with Gasteiger partial charge in [0.05, 0.1) is 12.7 Å². The Hall–Kier alpha value is -1.36. The van der Waals surface area contributed by atoms with Crippen LogP contribution in [0.3, 0.4) is 0 Å². The number of thioether (sulfide) groups is 1. The molecule has 2 rings (SSSR count). The topological polar surface area (TPSA) is 64.3 Å². The molecular formula is C15H22N2O2S. The number of ether oxygens (including phenoxy) is 1. The number of nitrogen functional groups attached to an aromatic ring is 1. The smallest absolute Gasteiger partial charge is 0.253 e. The Morgan fingerprint density at radius 1 is 1.35 bits per heavy atom. The van der Waals surface area contributed by atoms with Gasteiger partial charge in [-0.15, -0.1) is 0 Å². The summed E-state index contributed by atoms with van der Waals surface area (Å²) < 4.78 is 5.14. The standard InChI is InChI=1S/C15H22N2O2S/c1-19-11-5-8-14(16)13(9-11)15(18)17-10-3-6-12(20-2)7-4-10/h5,8-10,12H,3-4,6-7,16H2,1-2H3,(H,17,18). The number of carbonyl (C=O) groups is 1. The van der Waals surface area contributed by atoms with E-state index in [4.69, 9.17) is 10.5 Å². The minimum absolute atomic E-state index is 0.103. The molecule has 0 aromatic heterocycles. The van der Waals surface area contributed by atoms with Gasteiger partial charge in [-0.25, -0.2) is 0 Å². The molecule has 1 aliphatic carbocycles. The Balaban J connectivity index is 1.98. The van der Waals surface area contributed by atoms with Crippen LogP contribution in [0.25, 0.3) is 0 Å². The van der Waals surface area contributed by atoms with Crippen molar-refractivity contribution in [2.24, 2.45) is 0 Å². The monoisotopic (exact) mass is 294 g/mol. The summed E-state index contributed by atoms with van der Waals surface area (Å²) in [6, 6.07) is 5.42. The van der Waals surface area contributed by atoms with Crippen molar-refractivity contribution >= 4 is 23.4 Å². The first kappa shape index (κ1) is 15.0. The summed E-state index contributed by atoms with van der Waals surface area (Å²) in [5.41, 5.74) is 6.86. The third-order valence-corrected chi connectivity index (χ3v) is 4.99. The van der Waals surface area contributed by atoms with Crippen molar-refractivity contribution in [2.45, 2.75) is 37.0 Å². The van der Waals surface area contributed by atoms with Gasteiger partial charge >= 0.3 is 0 Å². The molecule has 1 saturated carbocycles. The van der Waals surface area contributed by atoms with Crippen LogP contribution in [-0.2, 0) is 0 Å². The van der Waals surface area contributed by atoms with Crippen molar-refractivity contribution in [2.75, 3.05) is 19.1 Å². The number of hydrogen-bond donors (Lipinski definition) is 2. The van der Waals surface area contributed by atoms with E-state index >= 15 is 0 Å². The molecule has 1 aromatic rings. The molecule has 0 heterocycles. The molecular weight excluding hydrogens is 272 g/mol. The Labute approximate surface area is 124 Å². The van der Waals surface area contributed by atoms with Crippen LogP contribution in [0.15, 0.2) is 18.2 Å². The minimum Gasteiger partial charge on any atom is -0.497 e. The van der Waals surface area contributed by atoms with E-state index in [9.17, 15) is 4.79 Å². The predicted octanol–water partition coefficient (Wildman–Crippen LogP) is 2.68. The van der Waals surface area contributed by atoms with E-state index < -0.39 is 0 Å². The highest BCUT2D eigenvalue weighted by Crippen LogP contribution is 2.27. The number of benzene rings is 1. The molecule has 5 heteroatoms. The molecule has 4 nitrogen and oxygen atoms in total. The second-order valence-corrected chi connectivity index (χ2v) is 6.27. The van der Waals surface area contributed by atoms with Gasteiger partial charge in [-0.3, -0.25) is 4.79 Å². The van der Waals surface area contributed by atoms with Crippen LogP contribution in [0, 0.1) is 0 Å². The van der Waals surface area contributed by atoms with Crippen LogP contribution < -0.4 is 15.8 Å². The fraction of sp³-hybridized carbons (Fsp3) is 0.533. The molecule has 110 valence electrons. The van der Waals surface area contributed by atoms with E-state index in [1.54, 1.807) is 25.3 Å². The number of amides is 1. The van der Waals surface area contributed by atoms with E-state index in [0.29, 0.717) is 17.0 Å². The number of carbonyl (C=O) groups excluding carboxylic acids is 1. The molecule has 0 bridgehead atoms. The number of nitrogens with two attached hydrogens (primary N) is 1. The van der Waals surface area contributed by atoms with E-state index in [1.165, 1.54) is 12.8 Å². The molecule has 0 saturated heterocycles. The molecule has 0 aliphatic heterocycles. The number of methoxy groups -OCH3 is 1. The quantitative estimate of drug-likeness (QED) is 0.838. The van der Waals surface area contributed by atoms with E-state index in [1.807, 2.05) is 11.8 Å². The first-order valence-corrected chi connectivity index (χ1v) is 8.20. The van der Waals surface area contributed by atoms with E-state index in [2.05, 4.69) is 11.6 Å². The highest BCUT2D eigenvalue weighted by Gasteiger charge is 2.22. The molecule has 0 atom stereocenters. The molecule has 1 aromatic carbocycles. The molecule has 1 fully saturated rings. The molecule has 0 radical (unpaired) electrons. The SMILES string of the molecule is COc1ccc(N)c(C(=O)NC2CCC(SC)CC2)c1. The zero-order chi connectivity index (χ0) is 14.5. The molecule has 1 amide bonds. The maximum Gasteiger partial charge on any atom is 0.253 e. The Morgan fingerprint density at radius 2 is 2.05 bits per heavy atom. The van der Waals surface area contributed by atoms with Crippen molar-refractivity contribution in [3.05, 3.63) is 23.8 Å². The summed E-state index contributed by atoms with van der Waals surface area (Å²) in [5.74, 6) is 0.546. The van der Waals surface area contributed by atoms with Gasteiger partial charge in [0, 0.05) is 17.0 Å². The van der Waals surface area contributed by atoms with Crippen LogP contribution >= 0.6 is 11.8 Å². The second-order valence-electron chi connectivity index (χ2n) is 5.14. The van der Waals surface area contributed by atoms with Crippen molar-refractivity contribution in [1.29, 1.82) is 0 Å². The van der Waals surface area contributed by atoms with E-state index in [0.717, 1.165) is 18.1 Å². The lowest BCUT2D eigenvalue weighted by atomic mass is 9.94. The van der Waals surface area contributed by atoms with Crippen LogP contribution in [0.2, 0.25) is 0 Å². The molecule has 0 spiro atoms. The zero-order valence-corrected chi connectivity index (χ0v) is 12.8. The maximum atomic E-state index is 12.3. The van der Waals surface area contributed by atoms with Crippen LogP contribution in [0.4, 0.5) is 5.69 Å². The summed E-state index contributed by atoms with van der Waals surface area (Å²) in [6.07, 6.45) is 6.57. The van der Waals surface area contributed by atoms with Gasteiger partial charge in [0.15, 0.2) is 0 Å². The first-order valence-electron chi connectivity index (χ1n) is 6.91. The fourth-order valence-electron chi connectivity index (χ4n) is 2.57. The zero-order valence-electron chi connectivity index (χ0n) is 12.0. The lowest BCUT2D eigenvalue weighted by molar-refractivity contribution is 0.0928. The highest BCUT2D eigenvalue weighted by atomic mass is 32.2. The summed E-state index contributed by atoms with van der Waals surface area (Å²) >= 11 is 1.92. The van der Waals surface area contributed by atoms with Crippen LogP contribution in [-0.4, -0.2) is 30.6 Å². The number of hydrogen-bond acceptors (Lipinski definition) is 4. The normalized spacial score (nSPS) is 22.3. The largest absolute Gasteiger partial charge is 0.497 e. The highest BCUT2D eigenvalue weighted by molar-refractivity contribution is 7.99. The number of rotatable bonds is 4. The van der Waals surface area contributed by atoms with Gasteiger partial charge in [-0.1, -0.05) is 0 Å². The summed E-state index contributed by atoms with van der Waals surface area (Å²) in [6.45, 7) is 0. The van der Waals surface area contributed by atoms with Crippen LogP contribution in [0.5, 0.6) is 5.75 Å².